The fraction of sp³-hybridized carbons (Fsp3) is 0.364. The van der Waals surface area contributed by atoms with Crippen molar-refractivity contribution >= 4 is 30.0 Å². The Morgan fingerprint density at radius 3 is 2.67 bits per heavy atom. The number of hydrogen-bond acceptors (Lipinski definition) is 4. The number of benzene rings is 1. The lowest BCUT2D eigenvalue weighted by atomic mass is 10.2. The van der Waals surface area contributed by atoms with Crippen molar-refractivity contribution in [2.45, 2.75) is 13.0 Å². The molecule has 1 rings (SSSR count). The first-order valence-corrected chi connectivity index (χ1v) is 5.29. The van der Waals surface area contributed by atoms with Crippen LogP contribution in [0.3, 0.4) is 0 Å². The summed E-state index contributed by atoms with van der Waals surface area (Å²) in [6.07, 6.45) is 0. The average molecular weight is 298 g/mol. The molecular formula is C11H14Cl2FNO3. The minimum Gasteiger partial charge on any atom is -0.489 e. The maximum absolute atomic E-state index is 13.4. The van der Waals surface area contributed by atoms with Gasteiger partial charge in [-0.05, 0) is 19.1 Å². The molecule has 18 heavy (non-hydrogen) atoms. The Labute approximate surface area is 116 Å². The first-order valence-electron chi connectivity index (χ1n) is 4.91. The molecule has 0 radical (unpaired) electrons. The van der Waals surface area contributed by atoms with Crippen LogP contribution in [0.4, 0.5) is 4.39 Å². The highest BCUT2D eigenvalue weighted by atomic mass is 35.5. The van der Waals surface area contributed by atoms with Crippen LogP contribution in [0.25, 0.3) is 0 Å². The van der Waals surface area contributed by atoms with E-state index in [2.05, 4.69) is 4.74 Å². The van der Waals surface area contributed by atoms with Crippen molar-refractivity contribution in [1.82, 2.24) is 0 Å². The van der Waals surface area contributed by atoms with Gasteiger partial charge in [0.1, 0.15) is 6.61 Å². The number of ether oxygens (including phenoxy) is 2. The van der Waals surface area contributed by atoms with E-state index in [0.29, 0.717) is 0 Å². The second kappa shape index (κ2) is 7.41. The summed E-state index contributed by atoms with van der Waals surface area (Å²) in [5, 5.41) is -0.0255. The molecule has 0 bridgehead atoms. The van der Waals surface area contributed by atoms with Crippen molar-refractivity contribution in [3.8, 4) is 5.75 Å². The van der Waals surface area contributed by atoms with E-state index in [-0.39, 0.29) is 41.4 Å². The first-order chi connectivity index (χ1) is 7.95. The van der Waals surface area contributed by atoms with Crippen LogP contribution < -0.4 is 10.5 Å². The molecule has 0 amide bonds. The maximum Gasteiger partial charge on any atom is 0.339 e. The predicted molar refractivity (Wildman–Crippen MR) is 69.1 cm³/mol. The summed E-state index contributed by atoms with van der Waals surface area (Å²) in [6.45, 7) is 1.86. The molecule has 0 fully saturated rings. The number of rotatable bonds is 4. The highest BCUT2D eigenvalue weighted by Gasteiger charge is 2.16. The molecule has 1 aromatic carbocycles. The van der Waals surface area contributed by atoms with Crippen LogP contribution in [0.2, 0.25) is 5.02 Å². The molecule has 0 aliphatic rings. The highest BCUT2D eigenvalue weighted by Crippen LogP contribution is 2.26. The summed E-state index contributed by atoms with van der Waals surface area (Å²) >= 11 is 5.72. The van der Waals surface area contributed by atoms with Gasteiger partial charge in [0.2, 0.25) is 0 Å². The molecule has 0 saturated carbocycles. The second-order valence-corrected chi connectivity index (χ2v) is 3.95. The number of carbonyl (C=O) groups is 1. The molecule has 0 unspecified atom stereocenters. The lowest BCUT2D eigenvalue weighted by molar-refractivity contribution is 0.0600. The number of esters is 1. The van der Waals surface area contributed by atoms with Gasteiger partial charge >= 0.3 is 5.97 Å². The minimum atomic E-state index is -0.652. The molecule has 0 spiro atoms. The van der Waals surface area contributed by atoms with Crippen LogP contribution in [-0.4, -0.2) is 25.7 Å². The molecular weight excluding hydrogens is 284 g/mol. The van der Waals surface area contributed by atoms with Crippen LogP contribution in [0.15, 0.2) is 12.1 Å². The molecule has 2 N–H and O–H groups in total. The number of halogens is 3. The summed E-state index contributed by atoms with van der Waals surface area (Å²) in [4.78, 5) is 11.3. The van der Waals surface area contributed by atoms with Crippen LogP contribution in [0.1, 0.15) is 17.3 Å². The summed E-state index contributed by atoms with van der Waals surface area (Å²) in [6, 6.07) is 1.96. The van der Waals surface area contributed by atoms with E-state index in [1.807, 2.05) is 0 Å². The normalized spacial score (nSPS) is 11.4. The van der Waals surface area contributed by atoms with Crippen molar-refractivity contribution in [1.29, 1.82) is 0 Å². The molecule has 0 aliphatic carbocycles. The molecule has 0 heterocycles. The van der Waals surface area contributed by atoms with E-state index < -0.39 is 11.8 Å². The summed E-state index contributed by atoms with van der Waals surface area (Å²) in [5.74, 6) is -1.38. The highest BCUT2D eigenvalue weighted by molar-refractivity contribution is 6.33. The molecule has 102 valence electrons. The summed E-state index contributed by atoms with van der Waals surface area (Å²) in [5.41, 5.74) is 5.53. The Morgan fingerprint density at radius 2 is 2.17 bits per heavy atom. The Balaban J connectivity index is 0.00000289. The fourth-order valence-corrected chi connectivity index (χ4v) is 1.35. The Morgan fingerprint density at radius 1 is 1.56 bits per heavy atom. The van der Waals surface area contributed by atoms with Gasteiger partial charge in [-0.15, -0.1) is 12.4 Å². The van der Waals surface area contributed by atoms with E-state index in [4.69, 9.17) is 22.1 Å². The van der Waals surface area contributed by atoms with Crippen LogP contribution in [-0.2, 0) is 4.74 Å². The average Bonchev–Trinajstić information content (AvgIpc) is 2.26. The zero-order valence-electron chi connectivity index (χ0n) is 9.91. The number of carbonyl (C=O) groups excluding carboxylic acids is 1. The number of hydrogen-bond donors (Lipinski definition) is 1. The summed E-state index contributed by atoms with van der Waals surface area (Å²) < 4.78 is 23.1. The van der Waals surface area contributed by atoms with Gasteiger partial charge in [0.25, 0.3) is 0 Å². The Kier molecular flexibility index (Phi) is 6.98. The zero-order valence-corrected chi connectivity index (χ0v) is 11.5. The van der Waals surface area contributed by atoms with Crippen LogP contribution in [0.5, 0.6) is 5.75 Å². The smallest absolute Gasteiger partial charge is 0.339 e. The molecule has 0 aromatic heterocycles. The quantitative estimate of drug-likeness (QED) is 0.867. The topological polar surface area (TPSA) is 61.5 Å². The molecule has 4 nitrogen and oxygen atoms in total. The van der Waals surface area contributed by atoms with Gasteiger partial charge < -0.3 is 15.2 Å². The molecule has 0 aliphatic heterocycles. The molecule has 7 heteroatoms. The van der Waals surface area contributed by atoms with Gasteiger partial charge in [0, 0.05) is 6.04 Å². The van der Waals surface area contributed by atoms with E-state index >= 15 is 0 Å². The van der Waals surface area contributed by atoms with Gasteiger partial charge in [0.15, 0.2) is 11.6 Å². The Bertz CT molecular complexity index is 427. The van der Waals surface area contributed by atoms with Gasteiger partial charge in [-0.3, -0.25) is 0 Å². The minimum absolute atomic E-state index is 0. The van der Waals surface area contributed by atoms with Crippen LogP contribution in [0, 0.1) is 5.82 Å². The Hall–Kier alpha value is -1.04. The fourth-order valence-electron chi connectivity index (χ4n) is 1.13. The first kappa shape index (κ1) is 17.0. The monoisotopic (exact) mass is 297 g/mol. The lowest BCUT2D eigenvalue weighted by Crippen LogP contribution is -2.24. The standard InChI is InChI=1S/C11H13ClFNO3.ClH/c1-6(14)5-17-10-3-7(11(15)16-2)8(12)4-9(10)13;/h3-4,6H,5,14H2,1-2H3;1H/t6-;/m0./s1. The van der Waals surface area contributed by atoms with Gasteiger partial charge in [-0.1, -0.05) is 11.6 Å². The molecule has 1 aromatic rings. The third kappa shape index (κ3) is 4.33. The van der Waals surface area contributed by atoms with E-state index in [1.54, 1.807) is 6.92 Å². The van der Waals surface area contributed by atoms with Crippen LogP contribution >= 0.6 is 24.0 Å². The van der Waals surface area contributed by atoms with Gasteiger partial charge in [-0.25, -0.2) is 9.18 Å². The number of nitrogens with two attached hydrogens (primary N) is 1. The van der Waals surface area contributed by atoms with Crippen molar-refractivity contribution in [3.05, 3.63) is 28.5 Å². The van der Waals surface area contributed by atoms with E-state index in [9.17, 15) is 9.18 Å². The third-order valence-corrected chi connectivity index (χ3v) is 2.24. The lowest BCUT2D eigenvalue weighted by Gasteiger charge is -2.11. The van der Waals surface area contributed by atoms with E-state index in [1.165, 1.54) is 13.2 Å². The van der Waals surface area contributed by atoms with Crippen molar-refractivity contribution < 1.29 is 18.7 Å². The van der Waals surface area contributed by atoms with E-state index in [0.717, 1.165) is 6.07 Å². The number of methoxy groups -OCH3 is 1. The predicted octanol–water partition coefficient (Wildman–Crippen LogP) is 2.41. The van der Waals surface area contributed by atoms with Gasteiger partial charge in [-0.2, -0.15) is 0 Å². The largest absolute Gasteiger partial charge is 0.489 e. The zero-order chi connectivity index (χ0) is 13.0. The third-order valence-electron chi connectivity index (χ3n) is 1.93. The second-order valence-electron chi connectivity index (χ2n) is 3.54. The SMILES string of the molecule is COC(=O)c1cc(OC[C@H](C)N)c(F)cc1Cl.Cl. The summed E-state index contributed by atoms with van der Waals surface area (Å²) in [7, 11) is 1.21. The van der Waals surface area contributed by atoms with Gasteiger partial charge in [0.05, 0.1) is 17.7 Å². The molecule has 1 atom stereocenters. The van der Waals surface area contributed by atoms with Crippen molar-refractivity contribution in [2.75, 3.05) is 13.7 Å². The van der Waals surface area contributed by atoms with Crippen molar-refractivity contribution in [2.24, 2.45) is 5.73 Å². The molecule has 0 saturated heterocycles. The van der Waals surface area contributed by atoms with Crippen molar-refractivity contribution in [3.63, 3.8) is 0 Å². The maximum atomic E-state index is 13.4.